The van der Waals surface area contributed by atoms with Crippen molar-refractivity contribution in [3.8, 4) is 0 Å². The first kappa shape index (κ1) is 17.5. The van der Waals surface area contributed by atoms with Crippen LogP contribution in [0.15, 0.2) is 48.5 Å². The fraction of sp³-hybridized carbons (Fsp3) is 0.111. The molecule has 136 valence electrons. The van der Waals surface area contributed by atoms with Gasteiger partial charge in [-0.3, -0.25) is 20.2 Å². The SMILES string of the molecule is O=C1CC(c2ccccc2)n2nc(NC(=O)c3ccc(Cl)cc3Cl)nc2N1. The van der Waals surface area contributed by atoms with Crippen molar-refractivity contribution in [3.63, 3.8) is 0 Å². The molecule has 1 aromatic heterocycles. The number of carbonyl (C=O) groups excluding carboxylic acids is 2. The number of hydrogen-bond acceptors (Lipinski definition) is 4. The Morgan fingerprint density at radius 3 is 2.70 bits per heavy atom. The fourth-order valence-electron chi connectivity index (χ4n) is 2.89. The average Bonchev–Trinajstić information content (AvgIpc) is 3.03. The van der Waals surface area contributed by atoms with Crippen LogP contribution in [0.25, 0.3) is 0 Å². The number of carbonyl (C=O) groups is 2. The molecule has 2 heterocycles. The van der Waals surface area contributed by atoms with Crippen LogP contribution < -0.4 is 10.6 Å². The largest absolute Gasteiger partial charge is 0.295 e. The summed E-state index contributed by atoms with van der Waals surface area (Å²) >= 11 is 11.9. The maximum Gasteiger partial charge on any atom is 0.259 e. The number of nitrogens with one attached hydrogen (secondary N) is 2. The topological polar surface area (TPSA) is 88.9 Å². The van der Waals surface area contributed by atoms with Crippen LogP contribution in [0, 0.1) is 0 Å². The van der Waals surface area contributed by atoms with Crippen molar-refractivity contribution in [2.24, 2.45) is 0 Å². The standard InChI is InChI=1S/C18H13Cl2N5O2/c19-11-6-7-12(13(20)8-11)16(27)22-17-23-18-21-15(26)9-14(25(18)24-17)10-4-2-1-3-5-10/h1-8,14H,9H2,(H2,21,22,23,24,26,27). The van der Waals surface area contributed by atoms with E-state index in [9.17, 15) is 9.59 Å². The lowest BCUT2D eigenvalue weighted by atomic mass is 10.0. The molecule has 1 atom stereocenters. The number of anilines is 2. The summed E-state index contributed by atoms with van der Waals surface area (Å²) in [5, 5.41) is 10.3. The number of fused-ring (bicyclic) bond motifs is 1. The van der Waals surface area contributed by atoms with Crippen molar-refractivity contribution in [1.82, 2.24) is 14.8 Å². The summed E-state index contributed by atoms with van der Waals surface area (Å²) in [6.07, 6.45) is 0.233. The first-order valence-corrected chi connectivity index (χ1v) is 8.84. The Kier molecular flexibility index (Phi) is 4.55. The van der Waals surface area contributed by atoms with Crippen LogP contribution in [0.2, 0.25) is 10.0 Å². The van der Waals surface area contributed by atoms with Crippen LogP contribution in [0.3, 0.4) is 0 Å². The summed E-state index contributed by atoms with van der Waals surface area (Å²) in [6.45, 7) is 0. The zero-order valence-corrected chi connectivity index (χ0v) is 15.3. The van der Waals surface area contributed by atoms with E-state index in [1.54, 1.807) is 10.7 Å². The molecule has 1 unspecified atom stereocenters. The molecule has 9 heteroatoms. The Bertz CT molecular complexity index is 1040. The Hall–Kier alpha value is -2.90. The van der Waals surface area contributed by atoms with Gasteiger partial charge >= 0.3 is 0 Å². The highest BCUT2D eigenvalue weighted by molar-refractivity contribution is 6.37. The first-order chi connectivity index (χ1) is 13.0. The summed E-state index contributed by atoms with van der Waals surface area (Å²) in [6, 6.07) is 13.8. The number of nitrogens with zero attached hydrogens (tertiary/aromatic N) is 3. The van der Waals surface area contributed by atoms with E-state index in [1.165, 1.54) is 12.1 Å². The Balaban J connectivity index is 1.63. The predicted molar refractivity (Wildman–Crippen MR) is 102 cm³/mol. The zero-order valence-electron chi connectivity index (χ0n) is 13.8. The first-order valence-electron chi connectivity index (χ1n) is 8.09. The van der Waals surface area contributed by atoms with Crippen molar-refractivity contribution in [2.75, 3.05) is 10.6 Å². The van der Waals surface area contributed by atoms with E-state index in [2.05, 4.69) is 20.7 Å². The van der Waals surface area contributed by atoms with Crippen molar-refractivity contribution in [3.05, 3.63) is 69.7 Å². The molecule has 0 spiro atoms. The van der Waals surface area contributed by atoms with Gasteiger partial charge in [-0.1, -0.05) is 53.5 Å². The van der Waals surface area contributed by atoms with Crippen molar-refractivity contribution >= 4 is 46.9 Å². The van der Waals surface area contributed by atoms with Crippen LogP contribution in [-0.2, 0) is 4.79 Å². The normalized spacial score (nSPS) is 15.8. The van der Waals surface area contributed by atoms with Gasteiger partial charge in [0.05, 0.1) is 23.0 Å². The van der Waals surface area contributed by atoms with Gasteiger partial charge < -0.3 is 0 Å². The molecule has 0 bridgehead atoms. The molecule has 7 nitrogen and oxygen atoms in total. The van der Waals surface area contributed by atoms with Crippen molar-refractivity contribution in [1.29, 1.82) is 0 Å². The molecule has 1 aliphatic heterocycles. The molecule has 3 aromatic rings. The van der Waals surface area contributed by atoms with Crippen LogP contribution in [0.4, 0.5) is 11.9 Å². The molecule has 0 fully saturated rings. The molecule has 27 heavy (non-hydrogen) atoms. The van der Waals surface area contributed by atoms with E-state index in [0.29, 0.717) is 5.02 Å². The molecule has 4 rings (SSSR count). The van der Waals surface area contributed by atoms with Gasteiger partial charge in [0, 0.05) is 5.02 Å². The van der Waals surface area contributed by atoms with Crippen molar-refractivity contribution < 1.29 is 9.59 Å². The minimum Gasteiger partial charge on any atom is -0.295 e. The lowest BCUT2D eigenvalue weighted by Crippen LogP contribution is -2.29. The highest BCUT2D eigenvalue weighted by atomic mass is 35.5. The van der Waals surface area contributed by atoms with Crippen LogP contribution in [-0.4, -0.2) is 26.6 Å². The van der Waals surface area contributed by atoms with Crippen LogP contribution in [0.5, 0.6) is 0 Å². The second kappa shape index (κ2) is 7.02. The van der Waals surface area contributed by atoms with Crippen LogP contribution in [0.1, 0.15) is 28.4 Å². The minimum atomic E-state index is -0.470. The van der Waals surface area contributed by atoms with Crippen LogP contribution >= 0.6 is 23.2 Å². The Morgan fingerprint density at radius 2 is 1.96 bits per heavy atom. The molecule has 0 radical (unpaired) electrons. The Morgan fingerprint density at radius 1 is 1.19 bits per heavy atom. The number of rotatable bonds is 3. The summed E-state index contributed by atoms with van der Waals surface area (Å²) in [4.78, 5) is 28.7. The number of halogens is 2. The summed E-state index contributed by atoms with van der Waals surface area (Å²) < 4.78 is 1.59. The van der Waals surface area contributed by atoms with E-state index in [1.807, 2.05) is 30.3 Å². The highest BCUT2D eigenvalue weighted by Gasteiger charge is 2.29. The molecule has 0 saturated heterocycles. The van der Waals surface area contributed by atoms with Gasteiger partial charge in [-0.15, -0.1) is 5.10 Å². The molecule has 0 saturated carbocycles. The van der Waals surface area contributed by atoms with E-state index in [-0.39, 0.29) is 40.9 Å². The van der Waals surface area contributed by atoms with Gasteiger partial charge in [-0.05, 0) is 23.8 Å². The van der Waals surface area contributed by atoms with Gasteiger partial charge in [0.15, 0.2) is 0 Å². The third kappa shape index (κ3) is 3.51. The van der Waals surface area contributed by atoms with Crippen molar-refractivity contribution in [2.45, 2.75) is 12.5 Å². The Labute approximate surface area is 164 Å². The number of aromatic nitrogens is 3. The molecule has 2 N–H and O–H groups in total. The number of hydrogen-bond donors (Lipinski definition) is 2. The van der Waals surface area contributed by atoms with Gasteiger partial charge in [-0.2, -0.15) is 4.98 Å². The van der Waals surface area contributed by atoms with Gasteiger partial charge in [0.2, 0.25) is 11.9 Å². The van der Waals surface area contributed by atoms with E-state index in [4.69, 9.17) is 23.2 Å². The average molecular weight is 402 g/mol. The van der Waals surface area contributed by atoms with Gasteiger partial charge in [0.25, 0.3) is 11.9 Å². The second-order valence-electron chi connectivity index (χ2n) is 5.96. The highest BCUT2D eigenvalue weighted by Crippen LogP contribution is 2.30. The maximum absolute atomic E-state index is 12.5. The molecule has 2 aromatic carbocycles. The third-order valence-corrected chi connectivity index (χ3v) is 4.69. The third-order valence-electron chi connectivity index (χ3n) is 4.14. The monoisotopic (exact) mass is 401 g/mol. The molecular weight excluding hydrogens is 389 g/mol. The lowest BCUT2D eigenvalue weighted by Gasteiger charge is -2.23. The number of benzene rings is 2. The quantitative estimate of drug-likeness (QED) is 0.698. The predicted octanol–water partition coefficient (Wildman–Crippen LogP) is 3.77. The molecular formula is C18H13Cl2N5O2. The summed E-state index contributed by atoms with van der Waals surface area (Å²) in [5.74, 6) is -0.286. The molecule has 2 amide bonds. The minimum absolute atomic E-state index is 0.0733. The fourth-order valence-corrected chi connectivity index (χ4v) is 3.39. The summed E-state index contributed by atoms with van der Waals surface area (Å²) in [5.41, 5.74) is 1.18. The molecule has 1 aliphatic rings. The zero-order chi connectivity index (χ0) is 19.0. The van der Waals surface area contributed by atoms with Gasteiger partial charge in [-0.25, -0.2) is 4.68 Å². The smallest absolute Gasteiger partial charge is 0.259 e. The lowest BCUT2D eigenvalue weighted by molar-refractivity contribution is -0.117. The van der Waals surface area contributed by atoms with Gasteiger partial charge in [0.1, 0.15) is 0 Å². The molecule has 0 aliphatic carbocycles. The second-order valence-corrected chi connectivity index (χ2v) is 6.80. The number of amides is 2. The van der Waals surface area contributed by atoms with E-state index < -0.39 is 5.91 Å². The summed E-state index contributed by atoms with van der Waals surface area (Å²) in [7, 11) is 0. The van der Waals surface area contributed by atoms with E-state index >= 15 is 0 Å². The maximum atomic E-state index is 12.5. The van der Waals surface area contributed by atoms with E-state index in [0.717, 1.165) is 5.56 Å².